The number of alkyl halides is 2. The van der Waals surface area contributed by atoms with Crippen LogP contribution < -0.4 is 10.5 Å². The van der Waals surface area contributed by atoms with Crippen molar-refractivity contribution in [1.82, 2.24) is 14.9 Å². The van der Waals surface area contributed by atoms with Crippen molar-refractivity contribution in [3.63, 3.8) is 0 Å². The Morgan fingerprint density at radius 3 is 2.73 bits per heavy atom. The summed E-state index contributed by atoms with van der Waals surface area (Å²) in [6.07, 6.45) is 1.20. The topological polar surface area (TPSA) is 101 Å². The number of sulfonamides is 1. The van der Waals surface area contributed by atoms with E-state index in [0.29, 0.717) is 0 Å². The van der Waals surface area contributed by atoms with Gasteiger partial charge in [-0.3, -0.25) is 5.10 Å². The molecule has 0 saturated heterocycles. The molecule has 0 aliphatic heterocycles. The molecule has 0 amide bonds. The van der Waals surface area contributed by atoms with E-state index < -0.39 is 29.0 Å². The molecule has 1 aromatic heterocycles. The Balaban J connectivity index is 2.67. The summed E-state index contributed by atoms with van der Waals surface area (Å²) in [5.74, 6) is -3.26. The maximum absolute atomic E-state index is 12.6. The van der Waals surface area contributed by atoms with Gasteiger partial charge in [0, 0.05) is 0 Å². The summed E-state index contributed by atoms with van der Waals surface area (Å²) in [4.78, 5) is 0. The number of hydrogen-bond acceptors (Lipinski definition) is 4. The van der Waals surface area contributed by atoms with Gasteiger partial charge in [0.05, 0.1) is 19.3 Å². The highest BCUT2D eigenvalue weighted by Gasteiger charge is 2.29. The first-order chi connectivity index (χ1) is 6.87. The van der Waals surface area contributed by atoms with Gasteiger partial charge < -0.3 is 5.73 Å². The Morgan fingerprint density at radius 2 is 2.27 bits per heavy atom. The number of rotatable bonds is 5. The molecule has 0 atom stereocenters. The summed E-state index contributed by atoms with van der Waals surface area (Å²) < 4.78 is 49.6. The number of nitrogens with two attached hydrogens (primary N) is 1. The predicted molar refractivity (Wildman–Crippen MR) is 47.8 cm³/mol. The van der Waals surface area contributed by atoms with Crippen LogP contribution in [0.2, 0.25) is 0 Å². The number of nitrogens with one attached hydrogen (secondary N) is 2. The van der Waals surface area contributed by atoms with E-state index in [9.17, 15) is 17.2 Å². The Kier molecular flexibility index (Phi) is 3.37. The summed E-state index contributed by atoms with van der Waals surface area (Å²) in [6.45, 7) is -1.96. The first-order valence-corrected chi connectivity index (χ1v) is 5.43. The number of aromatic amines is 1. The largest absolute Gasteiger partial charge is 0.325 e. The third-order valence-electron chi connectivity index (χ3n) is 1.58. The van der Waals surface area contributed by atoms with Crippen LogP contribution in [0.5, 0.6) is 0 Å². The van der Waals surface area contributed by atoms with E-state index in [1.54, 1.807) is 4.72 Å². The van der Waals surface area contributed by atoms with Crippen LogP contribution in [0.1, 0.15) is 0 Å². The molecule has 0 bridgehead atoms. The van der Waals surface area contributed by atoms with E-state index in [2.05, 4.69) is 10.2 Å². The number of halogens is 2. The van der Waals surface area contributed by atoms with Crippen molar-refractivity contribution in [3.8, 4) is 0 Å². The van der Waals surface area contributed by atoms with Crippen LogP contribution >= 0.6 is 0 Å². The van der Waals surface area contributed by atoms with Crippen molar-refractivity contribution < 1.29 is 17.2 Å². The Bertz CT molecular complexity index is 403. The van der Waals surface area contributed by atoms with Crippen LogP contribution in [-0.4, -0.2) is 37.6 Å². The van der Waals surface area contributed by atoms with Gasteiger partial charge in [0.25, 0.3) is 15.9 Å². The summed E-state index contributed by atoms with van der Waals surface area (Å²) in [7, 11) is -3.96. The molecule has 0 saturated carbocycles. The highest BCUT2D eigenvalue weighted by atomic mass is 32.2. The molecule has 86 valence electrons. The lowest BCUT2D eigenvalue weighted by Crippen LogP contribution is -2.41. The molecular formula is C6H10F2N4O2S. The van der Waals surface area contributed by atoms with E-state index in [1.807, 2.05) is 0 Å². The minimum absolute atomic E-state index is 0.268. The maximum Gasteiger partial charge on any atom is 0.273 e. The Morgan fingerprint density at radius 1 is 1.60 bits per heavy atom. The lowest BCUT2D eigenvalue weighted by molar-refractivity contribution is 0.0170. The van der Waals surface area contributed by atoms with Crippen LogP contribution in [-0.2, 0) is 10.0 Å². The van der Waals surface area contributed by atoms with Gasteiger partial charge in [-0.15, -0.1) is 0 Å². The zero-order chi connectivity index (χ0) is 11.5. The number of hydrogen-bond donors (Lipinski definition) is 3. The van der Waals surface area contributed by atoms with Gasteiger partial charge in [-0.2, -0.15) is 5.10 Å². The van der Waals surface area contributed by atoms with E-state index in [0.717, 1.165) is 6.07 Å². The lowest BCUT2D eigenvalue weighted by atomic mass is 10.3. The third-order valence-corrected chi connectivity index (χ3v) is 2.91. The molecule has 0 aromatic carbocycles. The zero-order valence-electron chi connectivity index (χ0n) is 7.57. The van der Waals surface area contributed by atoms with Crippen molar-refractivity contribution in [3.05, 3.63) is 12.3 Å². The first-order valence-electron chi connectivity index (χ1n) is 3.94. The number of nitrogens with zero attached hydrogens (tertiary/aromatic N) is 1. The average molecular weight is 240 g/mol. The minimum Gasteiger partial charge on any atom is -0.325 e. The van der Waals surface area contributed by atoms with Gasteiger partial charge >= 0.3 is 0 Å². The van der Waals surface area contributed by atoms with Crippen LogP contribution in [0.25, 0.3) is 0 Å². The van der Waals surface area contributed by atoms with Crippen molar-refractivity contribution in [2.24, 2.45) is 5.73 Å². The van der Waals surface area contributed by atoms with Crippen molar-refractivity contribution in [2.45, 2.75) is 10.9 Å². The second-order valence-corrected chi connectivity index (χ2v) is 4.54. The highest BCUT2D eigenvalue weighted by Crippen LogP contribution is 2.11. The average Bonchev–Trinajstić information content (AvgIpc) is 2.69. The predicted octanol–water partition coefficient (Wildman–Crippen LogP) is -0.718. The molecule has 0 spiro atoms. The lowest BCUT2D eigenvalue weighted by Gasteiger charge is -2.13. The van der Waals surface area contributed by atoms with Gasteiger partial charge in [0.15, 0.2) is 5.03 Å². The van der Waals surface area contributed by atoms with E-state index in [4.69, 9.17) is 5.73 Å². The van der Waals surface area contributed by atoms with Crippen LogP contribution in [0.4, 0.5) is 8.78 Å². The number of H-pyrrole nitrogens is 1. The normalized spacial score (nSPS) is 13.0. The van der Waals surface area contributed by atoms with Crippen LogP contribution in [0.3, 0.4) is 0 Å². The summed E-state index contributed by atoms with van der Waals surface area (Å²) in [6, 6.07) is 1.16. The second kappa shape index (κ2) is 4.21. The van der Waals surface area contributed by atoms with Crippen LogP contribution in [0, 0.1) is 0 Å². The fourth-order valence-corrected chi connectivity index (χ4v) is 1.71. The van der Waals surface area contributed by atoms with Crippen LogP contribution in [0.15, 0.2) is 17.3 Å². The van der Waals surface area contributed by atoms with Gasteiger partial charge in [-0.1, -0.05) is 0 Å². The molecule has 1 aromatic rings. The van der Waals surface area contributed by atoms with Crippen molar-refractivity contribution in [2.75, 3.05) is 13.1 Å². The molecule has 6 nitrogen and oxygen atoms in total. The molecule has 15 heavy (non-hydrogen) atoms. The van der Waals surface area contributed by atoms with Gasteiger partial charge in [-0.05, 0) is 6.07 Å². The molecule has 0 aliphatic rings. The molecular weight excluding hydrogens is 230 g/mol. The molecule has 0 fully saturated rings. The minimum atomic E-state index is -3.96. The fraction of sp³-hybridized carbons (Fsp3) is 0.500. The van der Waals surface area contributed by atoms with E-state index >= 15 is 0 Å². The summed E-state index contributed by atoms with van der Waals surface area (Å²) >= 11 is 0. The molecule has 9 heteroatoms. The molecule has 1 rings (SSSR count). The fourth-order valence-electron chi connectivity index (χ4n) is 0.743. The third kappa shape index (κ3) is 3.22. The molecule has 1 heterocycles. The Labute approximate surface area is 84.9 Å². The zero-order valence-corrected chi connectivity index (χ0v) is 8.39. The maximum atomic E-state index is 12.6. The second-order valence-electron chi connectivity index (χ2n) is 2.81. The summed E-state index contributed by atoms with van der Waals surface area (Å²) in [5.41, 5.74) is 4.75. The van der Waals surface area contributed by atoms with E-state index in [-0.39, 0.29) is 5.03 Å². The van der Waals surface area contributed by atoms with Crippen molar-refractivity contribution in [1.29, 1.82) is 0 Å². The van der Waals surface area contributed by atoms with Gasteiger partial charge in [0.2, 0.25) is 0 Å². The van der Waals surface area contributed by atoms with Gasteiger partial charge in [-0.25, -0.2) is 21.9 Å². The monoisotopic (exact) mass is 240 g/mol. The standard InChI is InChI=1S/C6H10F2N4O2S/c7-6(8,3-9)4-11-15(13,14)5-1-2-10-12-5/h1-2,11H,3-4,9H2,(H,10,12). The molecule has 0 radical (unpaired) electrons. The van der Waals surface area contributed by atoms with E-state index in [1.165, 1.54) is 6.20 Å². The first kappa shape index (κ1) is 12.0. The highest BCUT2D eigenvalue weighted by molar-refractivity contribution is 7.89. The number of aromatic nitrogens is 2. The summed E-state index contributed by atoms with van der Waals surface area (Å²) in [5, 5.41) is 5.28. The Hall–Kier alpha value is -1.06. The van der Waals surface area contributed by atoms with Gasteiger partial charge in [0.1, 0.15) is 0 Å². The quantitative estimate of drug-likeness (QED) is 0.632. The van der Waals surface area contributed by atoms with Crippen molar-refractivity contribution >= 4 is 10.0 Å². The smallest absolute Gasteiger partial charge is 0.273 e. The molecule has 0 unspecified atom stereocenters. The SMILES string of the molecule is NCC(F)(F)CNS(=O)(=O)c1ccn[nH]1. The molecule has 0 aliphatic carbocycles. The molecule has 4 N–H and O–H groups in total.